The Kier molecular flexibility index (Phi) is 6.07. The van der Waals surface area contributed by atoms with Crippen LogP contribution in [0.15, 0.2) is 36.9 Å². The molecule has 1 aliphatic rings. The van der Waals surface area contributed by atoms with E-state index in [1.165, 1.54) is 11.1 Å². The zero-order valence-electron chi connectivity index (χ0n) is 17.1. The van der Waals surface area contributed by atoms with Crippen molar-refractivity contribution in [1.82, 2.24) is 30.0 Å². The highest BCUT2D eigenvalue weighted by Gasteiger charge is 2.33. The molecule has 0 N–H and O–H groups in total. The summed E-state index contributed by atoms with van der Waals surface area (Å²) in [5.74, 6) is 0.933. The minimum atomic E-state index is -0.119. The van der Waals surface area contributed by atoms with Crippen molar-refractivity contribution >= 4 is 0 Å². The number of nitrogens with zero attached hydrogens (tertiary/aromatic N) is 6. The first-order valence-electron chi connectivity index (χ1n) is 9.89. The molecule has 1 aromatic heterocycles. The molecule has 0 aliphatic carbocycles. The molecule has 1 saturated heterocycles. The molecule has 0 bridgehead atoms. The summed E-state index contributed by atoms with van der Waals surface area (Å²) in [5, 5.41) is 12.9. The number of aryl methyl sites for hydroxylation is 1. The van der Waals surface area contributed by atoms with E-state index in [0.29, 0.717) is 0 Å². The number of benzene rings is 1. The van der Waals surface area contributed by atoms with Crippen LogP contribution in [0.2, 0.25) is 0 Å². The maximum Gasteiger partial charge on any atom is 0.173 e. The van der Waals surface area contributed by atoms with E-state index in [4.69, 9.17) is 0 Å². The maximum atomic E-state index is 4.49. The SMILES string of the molecule is C=CCN1CCN(C(c2ccc(C)cc2)c2nnnn2C(C)(C)CC)CC1. The van der Waals surface area contributed by atoms with E-state index in [1.807, 2.05) is 10.8 Å². The van der Waals surface area contributed by atoms with Crippen LogP contribution >= 0.6 is 0 Å². The van der Waals surface area contributed by atoms with E-state index in [9.17, 15) is 0 Å². The minimum absolute atomic E-state index is 0.0670. The Bertz CT molecular complexity index is 740. The van der Waals surface area contributed by atoms with Crippen LogP contribution in [0.4, 0.5) is 0 Å². The van der Waals surface area contributed by atoms with Crippen molar-refractivity contribution in [1.29, 1.82) is 0 Å². The van der Waals surface area contributed by atoms with Crippen LogP contribution < -0.4 is 0 Å². The first-order valence-corrected chi connectivity index (χ1v) is 9.89. The van der Waals surface area contributed by atoms with Crippen molar-refractivity contribution in [3.63, 3.8) is 0 Å². The van der Waals surface area contributed by atoms with Gasteiger partial charge in [-0.05, 0) is 43.2 Å². The molecule has 2 heterocycles. The summed E-state index contributed by atoms with van der Waals surface area (Å²) < 4.78 is 2.02. The molecule has 1 aromatic carbocycles. The van der Waals surface area contributed by atoms with Crippen LogP contribution in [-0.2, 0) is 5.54 Å². The third kappa shape index (κ3) is 4.28. The Hall–Kier alpha value is -2.05. The molecule has 6 heteroatoms. The van der Waals surface area contributed by atoms with E-state index in [-0.39, 0.29) is 11.6 Å². The quantitative estimate of drug-likeness (QED) is 0.703. The van der Waals surface area contributed by atoms with Gasteiger partial charge in [-0.25, -0.2) is 4.68 Å². The first kappa shape index (κ1) is 19.7. The van der Waals surface area contributed by atoms with Gasteiger partial charge >= 0.3 is 0 Å². The molecular weight excluding hydrogens is 336 g/mol. The van der Waals surface area contributed by atoms with Crippen molar-refractivity contribution in [3.8, 4) is 0 Å². The van der Waals surface area contributed by atoms with Crippen LogP contribution in [0.1, 0.15) is 50.2 Å². The molecule has 6 nitrogen and oxygen atoms in total. The Morgan fingerprint density at radius 1 is 1.15 bits per heavy atom. The lowest BCUT2D eigenvalue weighted by molar-refractivity contribution is 0.109. The summed E-state index contributed by atoms with van der Waals surface area (Å²) in [7, 11) is 0. The summed E-state index contributed by atoms with van der Waals surface area (Å²) in [6, 6.07) is 8.85. The van der Waals surface area contributed by atoms with Gasteiger partial charge < -0.3 is 0 Å². The Morgan fingerprint density at radius 2 is 1.81 bits per heavy atom. The van der Waals surface area contributed by atoms with E-state index in [1.54, 1.807) is 0 Å². The topological polar surface area (TPSA) is 50.1 Å². The Balaban J connectivity index is 1.96. The van der Waals surface area contributed by atoms with Gasteiger partial charge in [-0.2, -0.15) is 0 Å². The van der Waals surface area contributed by atoms with E-state index in [0.717, 1.165) is 45.0 Å². The van der Waals surface area contributed by atoms with Gasteiger partial charge in [-0.1, -0.05) is 42.8 Å². The summed E-state index contributed by atoms with van der Waals surface area (Å²) in [6.45, 7) is 17.6. The maximum absolute atomic E-state index is 4.49. The number of tetrazole rings is 1. The Morgan fingerprint density at radius 3 is 2.41 bits per heavy atom. The highest BCUT2D eigenvalue weighted by molar-refractivity contribution is 5.28. The number of hydrogen-bond acceptors (Lipinski definition) is 5. The smallest absolute Gasteiger partial charge is 0.173 e. The zero-order chi connectivity index (χ0) is 19.4. The molecule has 2 aromatic rings. The molecule has 1 unspecified atom stereocenters. The van der Waals surface area contributed by atoms with Gasteiger partial charge in [-0.3, -0.25) is 9.80 Å². The van der Waals surface area contributed by atoms with Crippen molar-refractivity contribution in [3.05, 3.63) is 53.9 Å². The number of piperazine rings is 1. The largest absolute Gasteiger partial charge is 0.297 e. The molecule has 0 spiro atoms. The van der Waals surface area contributed by atoms with Crippen LogP contribution in [-0.4, -0.2) is 62.7 Å². The predicted molar refractivity (Wildman–Crippen MR) is 109 cm³/mol. The summed E-state index contributed by atoms with van der Waals surface area (Å²) >= 11 is 0. The summed E-state index contributed by atoms with van der Waals surface area (Å²) in [6.07, 6.45) is 2.95. The van der Waals surface area contributed by atoms with Crippen LogP contribution in [0.25, 0.3) is 0 Å². The average molecular weight is 369 g/mol. The molecule has 1 fully saturated rings. The van der Waals surface area contributed by atoms with Crippen molar-refractivity contribution in [2.75, 3.05) is 32.7 Å². The van der Waals surface area contributed by atoms with E-state index in [2.05, 4.69) is 83.9 Å². The highest BCUT2D eigenvalue weighted by atomic mass is 15.6. The van der Waals surface area contributed by atoms with Gasteiger partial charge in [0.05, 0.1) is 11.6 Å². The van der Waals surface area contributed by atoms with E-state index < -0.39 is 0 Å². The Labute approximate surface area is 162 Å². The molecule has 1 aliphatic heterocycles. The molecule has 3 rings (SSSR count). The molecular formula is C21H32N6. The fourth-order valence-electron chi connectivity index (χ4n) is 3.60. The third-order valence-corrected chi connectivity index (χ3v) is 5.73. The lowest BCUT2D eigenvalue weighted by Gasteiger charge is -2.39. The van der Waals surface area contributed by atoms with Crippen LogP contribution in [0.3, 0.4) is 0 Å². The fraction of sp³-hybridized carbons (Fsp3) is 0.571. The van der Waals surface area contributed by atoms with Crippen molar-refractivity contribution < 1.29 is 0 Å². The second-order valence-corrected chi connectivity index (χ2v) is 8.05. The van der Waals surface area contributed by atoms with Crippen molar-refractivity contribution in [2.45, 2.75) is 45.7 Å². The van der Waals surface area contributed by atoms with Crippen LogP contribution in [0, 0.1) is 6.92 Å². The second-order valence-electron chi connectivity index (χ2n) is 8.05. The standard InChI is InChI=1S/C21H32N6/c1-6-12-25-13-15-26(16-14-25)19(18-10-8-17(3)9-11-18)20-22-23-24-27(20)21(4,5)7-2/h6,8-11,19H,1,7,12-16H2,2-5H3. The first-order chi connectivity index (χ1) is 13.0. The van der Waals surface area contributed by atoms with E-state index >= 15 is 0 Å². The highest BCUT2D eigenvalue weighted by Crippen LogP contribution is 2.31. The van der Waals surface area contributed by atoms with Gasteiger partial charge in [-0.15, -0.1) is 11.7 Å². The van der Waals surface area contributed by atoms with Gasteiger partial charge in [0.1, 0.15) is 0 Å². The lowest BCUT2D eigenvalue weighted by Crippen LogP contribution is -2.48. The minimum Gasteiger partial charge on any atom is -0.297 e. The van der Waals surface area contributed by atoms with Gasteiger partial charge in [0.25, 0.3) is 0 Å². The molecule has 27 heavy (non-hydrogen) atoms. The number of rotatable bonds is 7. The zero-order valence-corrected chi connectivity index (χ0v) is 17.1. The lowest BCUT2D eigenvalue weighted by atomic mass is 9.98. The van der Waals surface area contributed by atoms with Gasteiger partial charge in [0.15, 0.2) is 5.82 Å². The predicted octanol–water partition coefficient (Wildman–Crippen LogP) is 3.02. The fourth-order valence-corrected chi connectivity index (χ4v) is 3.60. The second kappa shape index (κ2) is 8.31. The number of hydrogen-bond donors (Lipinski definition) is 0. The molecule has 0 radical (unpaired) electrons. The molecule has 0 saturated carbocycles. The third-order valence-electron chi connectivity index (χ3n) is 5.73. The van der Waals surface area contributed by atoms with Gasteiger partial charge in [0, 0.05) is 32.7 Å². The molecule has 146 valence electrons. The monoisotopic (exact) mass is 368 g/mol. The van der Waals surface area contributed by atoms with Gasteiger partial charge in [0.2, 0.25) is 0 Å². The summed E-state index contributed by atoms with van der Waals surface area (Å²) in [4.78, 5) is 4.95. The molecule has 0 amide bonds. The summed E-state index contributed by atoms with van der Waals surface area (Å²) in [5.41, 5.74) is 2.40. The molecule has 1 atom stereocenters. The average Bonchev–Trinajstić information content (AvgIpc) is 3.15. The normalized spacial score (nSPS) is 17.8. The van der Waals surface area contributed by atoms with Crippen molar-refractivity contribution in [2.24, 2.45) is 0 Å². The van der Waals surface area contributed by atoms with Crippen LogP contribution in [0.5, 0.6) is 0 Å². The number of aromatic nitrogens is 4.